The lowest BCUT2D eigenvalue weighted by Gasteiger charge is -2.28. The summed E-state index contributed by atoms with van der Waals surface area (Å²) in [6.07, 6.45) is 0.595. The molecule has 0 saturated carbocycles. The number of benzene rings is 1. The summed E-state index contributed by atoms with van der Waals surface area (Å²) in [5.41, 5.74) is 1.97. The molecule has 9 heteroatoms. The molecule has 3 rings (SSSR count). The summed E-state index contributed by atoms with van der Waals surface area (Å²) >= 11 is 1.40. The van der Waals surface area contributed by atoms with Crippen LogP contribution in [-0.4, -0.2) is 45.2 Å². The normalized spacial score (nSPS) is 16.5. The third kappa shape index (κ3) is 4.19. The van der Waals surface area contributed by atoms with E-state index in [0.717, 1.165) is 11.4 Å². The van der Waals surface area contributed by atoms with Crippen molar-refractivity contribution in [1.82, 2.24) is 25.4 Å². The zero-order valence-corrected chi connectivity index (χ0v) is 16.9. The van der Waals surface area contributed by atoms with Crippen LogP contribution in [0.3, 0.4) is 0 Å². The molecular weight excluding hydrogens is 378 g/mol. The van der Waals surface area contributed by atoms with Gasteiger partial charge in [-0.15, -0.1) is 10.2 Å². The second kappa shape index (κ2) is 8.92. The molecule has 0 fully saturated rings. The highest BCUT2D eigenvalue weighted by molar-refractivity contribution is 7.99. The van der Waals surface area contributed by atoms with Gasteiger partial charge in [-0.25, -0.2) is 9.59 Å². The first-order chi connectivity index (χ1) is 13.5. The summed E-state index contributed by atoms with van der Waals surface area (Å²) in [5.74, 6) is 0.711. The van der Waals surface area contributed by atoms with E-state index in [1.165, 1.54) is 11.8 Å². The van der Waals surface area contributed by atoms with Gasteiger partial charge in [-0.3, -0.25) is 0 Å². The fourth-order valence-corrected chi connectivity index (χ4v) is 3.87. The van der Waals surface area contributed by atoms with Crippen molar-refractivity contribution in [2.75, 3.05) is 12.4 Å². The summed E-state index contributed by atoms with van der Waals surface area (Å²) in [6.45, 7) is 3.94. The largest absolute Gasteiger partial charge is 0.463 e. The van der Waals surface area contributed by atoms with E-state index < -0.39 is 5.97 Å². The summed E-state index contributed by atoms with van der Waals surface area (Å²) in [4.78, 5) is 24.4. The molecule has 28 heavy (non-hydrogen) atoms. The van der Waals surface area contributed by atoms with Gasteiger partial charge < -0.3 is 19.9 Å². The van der Waals surface area contributed by atoms with Crippen LogP contribution >= 0.6 is 11.8 Å². The Kier molecular flexibility index (Phi) is 6.35. The van der Waals surface area contributed by atoms with Crippen LogP contribution in [0, 0.1) is 0 Å². The molecule has 1 aliphatic rings. The lowest BCUT2D eigenvalue weighted by molar-refractivity contribution is -0.139. The smallest absolute Gasteiger partial charge is 0.337 e. The number of esters is 1. The van der Waals surface area contributed by atoms with Crippen molar-refractivity contribution in [1.29, 1.82) is 0 Å². The average Bonchev–Trinajstić information content (AvgIpc) is 3.07. The molecule has 1 atom stereocenters. The SMILES string of the molecule is CCOC(=O)C1=C(CSc2nnc(-c3ccccc3)n2C)NC(=O)N[C@H]1CC. The van der Waals surface area contributed by atoms with Gasteiger partial charge in [0.25, 0.3) is 0 Å². The number of thioether (sulfide) groups is 1. The molecule has 2 heterocycles. The highest BCUT2D eigenvalue weighted by Crippen LogP contribution is 2.26. The van der Waals surface area contributed by atoms with Crippen LogP contribution in [0.15, 0.2) is 46.8 Å². The van der Waals surface area contributed by atoms with Gasteiger partial charge in [-0.1, -0.05) is 49.0 Å². The molecule has 0 spiro atoms. The molecule has 148 valence electrons. The molecule has 2 amide bonds. The lowest BCUT2D eigenvalue weighted by atomic mass is 10.0. The molecule has 8 nitrogen and oxygen atoms in total. The average molecular weight is 401 g/mol. The van der Waals surface area contributed by atoms with Crippen LogP contribution in [0.4, 0.5) is 4.79 Å². The van der Waals surface area contributed by atoms with Crippen molar-refractivity contribution in [3.05, 3.63) is 41.6 Å². The fourth-order valence-electron chi connectivity index (χ4n) is 2.99. The van der Waals surface area contributed by atoms with Crippen LogP contribution in [-0.2, 0) is 16.6 Å². The second-order valence-electron chi connectivity index (χ2n) is 6.19. The van der Waals surface area contributed by atoms with E-state index in [1.54, 1.807) is 6.92 Å². The first kappa shape index (κ1) is 19.9. The van der Waals surface area contributed by atoms with E-state index in [2.05, 4.69) is 20.8 Å². The minimum Gasteiger partial charge on any atom is -0.463 e. The molecular formula is C19H23N5O3S. The maximum atomic E-state index is 12.4. The van der Waals surface area contributed by atoms with Crippen LogP contribution < -0.4 is 10.6 Å². The summed E-state index contributed by atoms with van der Waals surface area (Å²) in [5, 5.41) is 14.7. The number of ether oxygens (including phenoxy) is 1. The van der Waals surface area contributed by atoms with Crippen LogP contribution in [0.1, 0.15) is 20.3 Å². The minimum atomic E-state index is -0.416. The molecule has 1 aromatic carbocycles. The Morgan fingerprint density at radius 2 is 2.00 bits per heavy atom. The number of nitrogens with zero attached hydrogens (tertiary/aromatic N) is 3. The van der Waals surface area contributed by atoms with Gasteiger partial charge in [-0.05, 0) is 13.3 Å². The van der Waals surface area contributed by atoms with E-state index in [0.29, 0.717) is 28.6 Å². The number of carbonyl (C=O) groups excluding carboxylic acids is 2. The Bertz CT molecular complexity index is 894. The standard InChI is InChI=1S/C19H23N5O3S/c1-4-13-15(17(25)27-5-2)14(21-18(26)20-13)11-28-19-23-22-16(24(19)3)12-9-7-6-8-10-12/h6-10,13H,4-5,11H2,1-3H3,(H2,20,21,26)/t13-/m0/s1. The van der Waals surface area contributed by atoms with Crippen LogP contribution in [0.2, 0.25) is 0 Å². The van der Waals surface area contributed by atoms with Gasteiger partial charge >= 0.3 is 12.0 Å². The van der Waals surface area contributed by atoms with E-state index in [1.807, 2.05) is 48.9 Å². The van der Waals surface area contributed by atoms with Crippen molar-refractivity contribution in [3.8, 4) is 11.4 Å². The first-order valence-electron chi connectivity index (χ1n) is 9.10. The minimum absolute atomic E-state index is 0.275. The molecule has 0 radical (unpaired) electrons. The third-order valence-electron chi connectivity index (χ3n) is 4.36. The Morgan fingerprint density at radius 3 is 2.68 bits per heavy atom. The van der Waals surface area contributed by atoms with Crippen LogP contribution in [0.5, 0.6) is 0 Å². The van der Waals surface area contributed by atoms with Crippen molar-refractivity contribution in [3.63, 3.8) is 0 Å². The highest BCUT2D eigenvalue weighted by atomic mass is 32.2. The zero-order chi connectivity index (χ0) is 20.1. The molecule has 2 aromatic rings. The molecule has 0 bridgehead atoms. The number of hydrogen-bond donors (Lipinski definition) is 2. The van der Waals surface area contributed by atoms with Crippen molar-refractivity contribution in [2.24, 2.45) is 7.05 Å². The molecule has 2 N–H and O–H groups in total. The predicted molar refractivity (Wildman–Crippen MR) is 107 cm³/mol. The number of hydrogen-bond acceptors (Lipinski definition) is 6. The molecule has 0 aliphatic carbocycles. The molecule has 0 saturated heterocycles. The highest BCUT2D eigenvalue weighted by Gasteiger charge is 2.31. The molecule has 1 aromatic heterocycles. The number of aromatic nitrogens is 3. The Balaban J connectivity index is 1.84. The Morgan fingerprint density at radius 1 is 1.25 bits per heavy atom. The number of carbonyl (C=O) groups is 2. The van der Waals surface area contributed by atoms with E-state index >= 15 is 0 Å². The van der Waals surface area contributed by atoms with Crippen LogP contribution in [0.25, 0.3) is 11.4 Å². The molecule has 0 unspecified atom stereocenters. The first-order valence-corrected chi connectivity index (χ1v) is 10.1. The third-order valence-corrected chi connectivity index (χ3v) is 5.41. The zero-order valence-electron chi connectivity index (χ0n) is 16.1. The van der Waals surface area contributed by atoms with Gasteiger partial charge in [-0.2, -0.15) is 0 Å². The topological polar surface area (TPSA) is 98.1 Å². The van der Waals surface area contributed by atoms with Gasteiger partial charge in [0.1, 0.15) is 0 Å². The van der Waals surface area contributed by atoms with Crippen molar-refractivity contribution >= 4 is 23.8 Å². The van der Waals surface area contributed by atoms with Crippen molar-refractivity contribution in [2.45, 2.75) is 31.5 Å². The van der Waals surface area contributed by atoms with Gasteiger partial charge in [0.2, 0.25) is 0 Å². The maximum Gasteiger partial charge on any atom is 0.337 e. The number of urea groups is 1. The second-order valence-corrected chi connectivity index (χ2v) is 7.13. The van der Waals surface area contributed by atoms with Gasteiger partial charge in [0, 0.05) is 24.1 Å². The van der Waals surface area contributed by atoms with E-state index in [4.69, 9.17) is 4.74 Å². The monoisotopic (exact) mass is 401 g/mol. The van der Waals surface area contributed by atoms with E-state index in [9.17, 15) is 9.59 Å². The Hall–Kier alpha value is -2.81. The number of rotatable bonds is 7. The van der Waals surface area contributed by atoms with Crippen molar-refractivity contribution < 1.29 is 14.3 Å². The maximum absolute atomic E-state index is 12.4. The quantitative estimate of drug-likeness (QED) is 0.546. The summed E-state index contributed by atoms with van der Waals surface area (Å²) < 4.78 is 7.08. The summed E-state index contributed by atoms with van der Waals surface area (Å²) in [6, 6.07) is 9.09. The fraction of sp³-hybridized carbons (Fsp3) is 0.368. The van der Waals surface area contributed by atoms with E-state index in [-0.39, 0.29) is 18.7 Å². The van der Waals surface area contributed by atoms with Gasteiger partial charge in [0.15, 0.2) is 11.0 Å². The van der Waals surface area contributed by atoms with Gasteiger partial charge in [0.05, 0.1) is 18.2 Å². The Labute approximate surface area is 167 Å². The number of nitrogens with one attached hydrogen (secondary N) is 2. The predicted octanol–water partition coefficient (Wildman–Crippen LogP) is 2.48. The number of amides is 2. The molecule has 1 aliphatic heterocycles. The lowest BCUT2D eigenvalue weighted by Crippen LogP contribution is -2.50. The summed E-state index contributed by atoms with van der Waals surface area (Å²) in [7, 11) is 1.89.